The molecule has 3 atom stereocenters. The van der Waals surface area contributed by atoms with E-state index in [0.717, 1.165) is 10.6 Å². The van der Waals surface area contributed by atoms with E-state index in [1.807, 2.05) is 30.3 Å². The van der Waals surface area contributed by atoms with Crippen LogP contribution in [-0.4, -0.2) is 83.2 Å². The topological polar surface area (TPSA) is 164 Å². The van der Waals surface area contributed by atoms with Gasteiger partial charge in [-0.1, -0.05) is 30.3 Å². The Morgan fingerprint density at radius 3 is 2.59 bits per heavy atom. The summed E-state index contributed by atoms with van der Waals surface area (Å²) in [5.41, 5.74) is 0.874. The summed E-state index contributed by atoms with van der Waals surface area (Å²) in [6, 6.07) is 7.54. The number of amides is 3. The Morgan fingerprint density at radius 2 is 1.87 bits per heavy atom. The molecule has 0 bridgehead atoms. The maximum Gasteiger partial charge on any atom is 0.507 e. The van der Waals surface area contributed by atoms with E-state index < -0.39 is 42.4 Å². The third-order valence-corrected chi connectivity index (χ3v) is 6.42. The van der Waals surface area contributed by atoms with Crippen molar-refractivity contribution < 1.29 is 43.3 Å². The monoisotopic (exact) mass is 548 g/mol. The molecule has 39 heavy (non-hydrogen) atoms. The second kappa shape index (κ2) is 14.9. The first-order chi connectivity index (χ1) is 18.8. The number of rotatable bonds is 12. The van der Waals surface area contributed by atoms with Gasteiger partial charge in [-0.05, 0) is 44.6 Å². The Labute approximate surface area is 226 Å². The van der Waals surface area contributed by atoms with E-state index in [1.54, 1.807) is 6.92 Å². The molecule has 3 N–H and O–H groups in total. The molecule has 0 radical (unpaired) electrons. The first-order valence-electron chi connectivity index (χ1n) is 13.2. The number of hydrogen-bond acceptors (Lipinski definition) is 9. The van der Waals surface area contributed by atoms with Crippen LogP contribution in [0.25, 0.3) is 0 Å². The van der Waals surface area contributed by atoms with Gasteiger partial charge in [-0.25, -0.2) is 19.6 Å². The fourth-order valence-electron chi connectivity index (χ4n) is 4.56. The third kappa shape index (κ3) is 8.84. The summed E-state index contributed by atoms with van der Waals surface area (Å²) in [4.78, 5) is 61.9. The Kier molecular flexibility index (Phi) is 11.3. The molecule has 0 spiro atoms. The van der Waals surface area contributed by atoms with Crippen LogP contribution >= 0.6 is 0 Å². The molecule has 3 rings (SSSR count). The molecule has 3 amide bonds. The van der Waals surface area contributed by atoms with Crippen molar-refractivity contribution in [2.75, 3.05) is 19.7 Å². The van der Waals surface area contributed by atoms with Gasteiger partial charge in [0.05, 0.1) is 12.6 Å². The highest BCUT2D eigenvalue weighted by Gasteiger charge is 2.44. The molecule has 214 valence electrons. The van der Waals surface area contributed by atoms with Gasteiger partial charge in [-0.3, -0.25) is 19.7 Å². The molecule has 2 aliphatic heterocycles. The minimum absolute atomic E-state index is 0.0459. The predicted molar refractivity (Wildman–Crippen MR) is 136 cm³/mol. The standard InChI is InChI=1S/C26H36N4O9/c1-2-37-24(33)20(11-6-7-15-27-25(34)38-17-18-9-4-3-5-10-18)28-19-13-14-21(31)29-16-8-12-22(39-26(35)36)30(29)23(19)32/h3-5,9-10,19-20,22,28H,2,6-8,11-17H2,1H3,(H,27,34)(H,35,36)/t19-,20-,22-/m0/s1. The van der Waals surface area contributed by atoms with Gasteiger partial charge in [0.2, 0.25) is 5.91 Å². The number of ether oxygens (including phenoxy) is 3. The first-order valence-corrected chi connectivity index (χ1v) is 13.2. The lowest BCUT2D eigenvalue weighted by Crippen LogP contribution is -2.61. The van der Waals surface area contributed by atoms with Crippen molar-refractivity contribution in [2.45, 2.75) is 76.8 Å². The number of carboxylic acid groups (broad SMARTS) is 1. The van der Waals surface area contributed by atoms with Crippen molar-refractivity contribution in [3.63, 3.8) is 0 Å². The van der Waals surface area contributed by atoms with E-state index in [-0.39, 0.29) is 44.9 Å². The van der Waals surface area contributed by atoms with Crippen molar-refractivity contribution >= 4 is 30.0 Å². The van der Waals surface area contributed by atoms with Gasteiger partial charge in [0.1, 0.15) is 12.6 Å². The zero-order valence-corrected chi connectivity index (χ0v) is 22.0. The van der Waals surface area contributed by atoms with E-state index in [2.05, 4.69) is 10.6 Å². The highest BCUT2D eigenvalue weighted by Crippen LogP contribution is 2.26. The lowest BCUT2D eigenvalue weighted by atomic mass is 10.1. The fraction of sp³-hybridized carbons (Fsp3) is 0.577. The number of alkyl carbamates (subject to hydrolysis) is 1. The minimum Gasteiger partial charge on any atom is -0.465 e. The number of benzene rings is 1. The molecule has 2 fully saturated rings. The van der Waals surface area contributed by atoms with E-state index in [4.69, 9.17) is 19.3 Å². The first kappa shape index (κ1) is 29.7. The molecule has 0 unspecified atom stereocenters. The molecule has 0 aliphatic carbocycles. The number of esters is 1. The maximum absolute atomic E-state index is 13.4. The summed E-state index contributed by atoms with van der Waals surface area (Å²) in [5, 5.41) is 17.1. The number of unbranched alkanes of at least 4 members (excludes halogenated alkanes) is 1. The highest BCUT2D eigenvalue weighted by molar-refractivity contribution is 5.89. The van der Waals surface area contributed by atoms with E-state index in [1.165, 1.54) is 5.01 Å². The quantitative estimate of drug-likeness (QED) is 0.200. The lowest BCUT2D eigenvalue weighted by Gasteiger charge is -2.42. The highest BCUT2D eigenvalue weighted by atomic mass is 16.7. The Balaban J connectivity index is 1.54. The summed E-state index contributed by atoms with van der Waals surface area (Å²) in [6.07, 6.45) is -0.894. The molecule has 1 aromatic rings. The van der Waals surface area contributed by atoms with Gasteiger partial charge < -0.3 is 24.6 Å². The molecule has 13 heteroatoms. The molecular weight excluding hydrogens is 512 g/mol. The van der Waals surface area contributed by atoms with Crippen molar-refractivity contribution in [2.24, 2.45) is 0 Å². The van der Waals surface area contributed by atoms with Crippen LogP contribution in [0.5, 0.6) is 0 Å². The van der Waals surface area contributed by atoms with Gasteiger partial charge in [0, 0.05) is 25.9 Å². The van der Waals surface area contributed by atoms with Gasteiger partial charge >= 0.3 is 18.2 Å². The van der Waals surface area contributed by atoms with Crippen molar-refractivity contribution in [1.29, 1.82) is 0 Å². The molecule has 2 heterocycles. The molecule has 2 saturated heterocycles. The summed E-state index contributed by atoms with van der Waals surface area (Å²) in [6.45, 7) is 2.59. The largest absolute Gasteiger partial charge is 0.507 e. The average Bonchev–Trinajstić information content (AvgIpc) is 3.03. The lowest BCUT2D eigenvalue weighted by molar-refractivity contribution is -0.196. The summed E-state index contributed by atoms with van der Waals surface area (Å²) in [5.74, 6) is -1.39. The third-order valence-electron chi connectivity index (χ3n) is 6.42. The molecule has 2 aliphatic rings. The molecular formula is C26H36N4O9. The van der Waals surface area contributed by atoms with Crippen LogP contribution in [0.3, 0.4) is 0 Å². The fourth-order valence-corrected chi connectivity index (χ4v) is 4.56. The summed E-state index contributed by atoms with van der Waals surface area (Å²) >= 11 is 0. The van der Waals surface area contributed by atoms with Crippen LogP contribution in [-0.2, 0) is 35.2 Å². The zero-order chi connectivity index (χ0) is 28.2. The minimum atomic E-state index is -1.54. The zero-order valence-electron chi connectivity index (χ0n) is 22.0. The summed E-state index contributed by atoms with van der Waals surface area (Å²) < 4.78 is 15.3. The van der Waals surface area contributed by atoms with Crippen LogP contribution in [0.15, 0.2) is 30.3 Å². The number of hydrazine groups is 1. The predicted octanol–water partition coefficient (Wildman–Crippen LogP) is 2.15. The Hall–Kier alpha value is -3.87. The van der Waals surface area contributed by atoms with Crippen LogP contribution in [0, 0.1) is 0 Å². The molecule has 0 aromatic heterocycles. The van der Waals surface area contributed by atoms with E-state index in [0.29, 0.717) is 32.2 Å². The molecule has 13 nitrogen and oxygen atoms in total. The van der Waals surface area contributed by atoms with Gasteiger partial charge in [0.25, 0.3) is 5.91 Å². The van der Waals surface area contributed by atoms with Crippen LogP contribution in [0.2, 0.25) is 0 Å². The van der Waals surface area contributed by atoms with Crippen molar-refractivity contribution in [3.05, 3.63) is 35.9 Å². The second-order valence-corrected chi connectivity index (χ2v) is 9.23. The van der Waals surface area contributed by atoms with Crippen LogP contribution in [0.4, 0.5) is 9.59 Å². The maximum atomic E-state index is 13.4. The van der Waals surface area contributed by atoms with E-state index in [9.17, 15) is 24.0 Å². The van der Waals surface area contributed by atoms with Gasteiger partial charge in [0.15, 0.2) is 6.23 Å². The van der Waals surface area contributed by atoms with Crippen molar-refractivity contribution in [1.82, 2.24) is 20.7 Å². The van der Waals surface area contributed by atoms with Crippen LogP contribution in [0.1, 0.15) is 57.4 Å². The second-order valence-electron chi connectivity index (χ2n) is 9.23. The number of carbonyl (C=O) groups is 5. The van der Waals surface area contributed by atoms with E-state index >= 15 is 0 Å². The summed E-state index contributed by atoms with van der Waals surface area (Å²) in [7, 11) is 0. The SMILES string of the molecule is CCOC(=O)[C@H](CCCCNC(=O)OCc1ccccc1)N[C@H]1CCC(=O)N2CCC[C@H](OC(=O)O)N2C1=O. The van der Waals surface area contributed by atoms with Crippen LogP contribution < -0.4 is 10.6 Å². The van der Waals surface area contributed by atoms with Gasteiger partial charge in [-0.15, -0.1) is 0 Å². The number of hydrogen-bond donors (Lipinski definition) is 3. The van der Waals surface area contributed by atoms with Crippen molar-refractivity contribution in [3.8, 4) is 0 Å². The number of carbonyl (C=O) groups excluding carboxylic acids is 4. The normalized spacial score (nSPS) is 19.9. The molecule has 1 aromatic carbocycles. The smallest absolute Gasteiger partial charge is 0.465 e. The number of fused-ring (bicyclic) bond motifs is 1. The van der Waals surface area contributed by atoms with Gasteiger partial charge in [-0.2, -0.15) is 0 Å². The average molecular weight is 549 g/mol. The number of nitrogens with zero attached hydrogens (tertiary/aromatic N) is 2. The Morgan fingerprint density at radius 1 is 1.10 bits per heavy atom. The Bertz CT molecular complexity index is 1010. The number of nitrogens with one attached hydrogen (secondary N) is 2. The molecule has 0 saturated carbocycles.